The number of aromatic nitrogens is 1. The highest BCUT2D eigenvalue weighted by Crippen LogP contribution is 2.27. The van der Waals surface area contributed by atoms with Crippen LogP contribution >= 0.6 is 22.9 Å². The van der Waals surface area contributed by atoms with E-state index in [4.69, 9.17) is 17.3 Å². The van der Waals surface area contributed by atoms with Crippen molar-refractivity contribution in [2.75, 3.05) is 13.1 Å². The normalized spacial score (nSPS) is 26.3. The monoisotopic (exact) mass is 273 g/mol. The molecule has 2 rings (SSSR count). The molecule has 0 spiro atoms. The van der Waals surface area contributed by atoms with Gasteiger partial charge in [-0.2, -0.15) is 0 Å². The molecule has 0 bridgehead atoms. The fourth-order valence-corrected chi connectivity index (χ4v) is 3.57. The van der Waals surface area contributed by atoms with Crippen molar-refractivity contribution < 1.29 is 0 Å². The van der Waals surface area contributed by atoms with Crippen LogP contribution in [0.5, 0.6) is 0 Å². The van der Waals surface area contributed by atoms with Crippen molar-refractivity contribution in [2.45, 2.75) is 38.8 Å². The SMILES string of the molecule is CCC1CCN(Cc2cnc(Cl)s2)C(CN)C1. The predicted octanol–water partition coefficient (Wildman–Crippen LogP) is 2.75. The number of rotatable bonds is 4. The van der Waals surface area contributed by atoms with E-state index in [1.165, 1.54) is 24.1 Å². The molecule has 2 heterocycles. The van der Waals surface area contributed by atoms with Crippen molar-refractivity contribution in [1.29, 1.82) is 0 Å². The Bertz CT molecular complexity index is 355. The Kier molecular flexibility index (Phi) is 4.79. The molecule has 1 aromatic heterocycles. The summed E-state index contributed by atoms with van der Waals surface area (Å²) >= 11 is 7.43. The number of halogens is 1. The van der Waals surface area contributed by atoms with Gasteiger partial charge in [0.1, 0.15) is 0 Å². The third-order valence-electron chi connectivity index (χ3n) is 3.68. The van der Waals surface area contributed by atoms with Gasteiger partial charge in [-0.1, -0.05) is 24.9 Å². The first-order chi connectivity index (χ1) is 8.22. The number of hydrogen-bond donors (Lipinski definition) is 1. The van der Waals surface area contributed by atoms with E-state index in [9.17, 15) is 0 Å². The molecule has 17 heavy (non-hydrogen) atoms. The third kappa shape index (κ3) is 3.41. The summed E-state index contributed by atoms with van der Waals surface area (Å²) in [6, 6.07) is 0.523. The van der Waals surface area contributed by atoms with Crippen LogP contribution in [-0.2, 0) is 6.54 Å². The molecule has 0 saturated carbocycles. The van der Waals surface area contributed by atoms with Gasteiger partial charge in [0.25, 0.3) is 0 Å². The molecular weight excluding hydrogens is 254 g/mol. The molecule has 2 atom stereocenters. The van der Waals surface area contributed by atoms with E-state index in [1.807, 2.05) is 6.20 Å². The van der Waals surface area contributed by atoms with Gasteiger partial charge in [-0.05, 0) is 25.3 Å². The van der Waals surface area contributed by atoms with Crippen LogP contribution in [0.3, 0.4) is 0 Å². The lowest BCUT2D eigenvalue weighted by Gasteiger charge is -2.38. The van der Waals surface area contributed by atoms with Crippen molar-refractivity contribution >= 4 is 22.9 Å². The Morgan fingerprint density at radius 3 is 3.06 bits per heavy atom. The van der Waals surface area contributed by atoms with E-state index in [1.54, 1.807) is 11.3 Å². The molecule has 2 N–H and O–H groups in total. The number of hydrogen-bond acceptors (Lipinski definition) is 4. The van der Waals surface area contributed by atoms with Crippen LogP contribution < -0.4 is 5.73 Å². The average molecular weight is 274 g/mol. The number of nitrogens with two attached hydrogens (primary N) is 1. The summed E-state index contributed by atoms with van der Waals surface area (Å²) in [5.74, 6) is 0.852. The van der Waals surface area contributed by atoms with Crippen molar-refractivity contribution in [3.05, 3.63) is 15.5 Å². The quantitative estimate of drug-likeness (QED) is 0.917. The third-order valence-corrected chi connectivity index (χ3v) is 4.78. The Morgan fingerprint density at radius 2 is 2.47 bits per heavy atom. The molecule has 0 radical (unpaired) electrons. The summed E-state index contributed by atoms with van der Waals surface area (Å²) in [7, 11) is 0. The zero-order valence-electron chi connectivity index (χ0n) is 10.2. The first-order valence-electron chi connectivity index (χ1n) is 6.27. The minimum atomic E-state index is 0.523. The molecule has 1 aliphatic heterocycles. The topological polar surface area (TPSA) is 42.2 Å². The zero-order chi connectivity index (χ0) is 12.3. The van der Waals surface area contributed by atoms with Crippen LogP contribution in [0.1, 0.15) is 31.1 Å². The first kappa shape index (κ1) is 13.3. The second kappa shape index (κ2) is 6.14. The highest BCUT2D eigenvalue weighted by Gasteiger charge is 2.26. The van der Waals surface area contributed by atoms with Crippen LogP contribution in [0.25, 0.3) is 0 Å². The van der Waals surface area contributed by atoms with Crippen LogP contribution in [0.4, 0.5) is 0 Å². The minimum Gasteiger partial charge on any atom is -0.329 e. The van der Waals surface area contributed by atoms with Gasteiger partial charge in [-0.15, -0.1) is 11.3 Å². The van der Waals surface area contributed by atoms with Gasteiger partial charge in [0.2, 0.25) is 0 Å². The van der Waals surface area contributed by atoms with Gasteiger partial charge < -0.3 is 5.73 Å². The van der Waals surface area contributed by atoms with E-state index >= 15 is 0 Å². The molecule has 3 nitrogen and oxygen atoms in total. The van der Waals surface area contributed by atoms with Gasteiger partial charge in [-0.3, -0.25) is 4.90 Å². The Labute approximate surface area is 112 Å². The van der Waals surface area contributed by atoms with Crippen molar-refractivity contribution in [1.82, 2.24) is 9.88 Å². The van der Waals surface area contributed by atoms with E-state index in [0.717, 1.165) is 25.6 Å². The van der Waals surface area contributed by atoms with Gasteiger partial charge in [0.05, 0.1) is 0 Å². The molecule has 0 amide bonds. The molecule has 1 aromatic rings. The zero-order valence-corrected chi connectivity index (χ0v) is 11.8. The lowest BCUT2D eigenvalue weighted by molar-refractivity contribution is 0.108. The lowest BCUT2D eigenvalue weighted by Crippen LogP contribution is -2.45. The summed E-state index contributed by atoms with van der Waals surface area (Å²) in [6.07, 6.45) is 5.68. The smallest absolute Gasteiger partial charge is 0.183 e. The molecule has 1 aliphatic rings. The fourth-order valence-electron chi connectivity index (χ4n) is 2.56. The second-order valence-corrected chi connectivity index (χ2v) is 6.44. The van der Waals surface area contributed by atoms with Crippen molar-refractivity contribution in [3.8, 4) is 0 Å². The van der Waals surface area contributed by atoms with E-state index < -0.39 is 0 Å². The molecule has 1 saturated heterocycles. The number of thiazole rings is 1. The summed E-state index contributed by atoms with van der Waals surface area (Å²) in [5.41, 5.74) is 5.89. The minimum absolute atomic E-state index is 0.523. The summed E-state index contributed by atoms with van der Waals surface area (Å²) in [6.45, 7) is 5.12. The number of likely N-dealkylation sites (tertiary alicyclic amines) is 1. The average Bonchev–Trinajstić information content (AvgIpc) is 2.75. The summed E-state index contributed by atoms with van der Waals surface area (Å²) in [4.78, 5) is 7.81. The molecule has 2 unspecified atom stereocenters. The Hall–Kier alpha value is -0.160. The van der Waals surface area contributed by atoms with Crippen LogP contribution in [0.15, 0.2) is 6.20 Å². The first-order valence-corrected chi connectivity index (χ1v) is 7.46. The molecule has 0 aromatic carbocycles. The molecule has 1 fully saturated rings. The van der Waals surface area contributed by atoms with Crippen LogP contribution in [0, 0.1) is 5.92 Å². The van der Waals surface area contributed by atoms with Gasteiger partial charge in [0, 0.05) is 30.2 Å². The Morgan fingerprint density at radius 1 is 1.65 bits per heavy atom. The number of piperidine rings is 1. The van der Waals surface area contributed by atoms with Crippen molar-refractivity contribution in [2.24, 2.45) is 11.7 Å². The van der Waals surface area contributed by atoms with Crippen LogP contribution in [-0.4, -0.2) is 29.0 Å². The molecular formula is C12H20ClN3S. The van der Waals surface area contributed by atoms with Gasteiger partial charge in [0.15, 0.2) is 4.47 Å². The lowest BCUT2D eigenvalue weighted by atomic mass is 9.89. The summed E-state index contributed by atoms with van der Waals surface area (Å²) < 4.78 is 0.632. The fraction of sp³-hybridized carbons (Fsp3) is 0.750. The number of nitrogens with zero attached hydrogens (tertiary/aromatic N) is 2. The second-order valence-electron chi connectivity index (χ2n) is 4.74. The molecule has 96 valence electrons. The highest BCUT2D eigenvalue weighted by molar-refractivity contribution is 7.15. The van der Waals surface area contributed by atoms with Gasteiger partial charge >= 0.3 is 0 Å². The van der Waals surface area contributed by atoms with Crippen LogP contribution in [0.2, 0.25) is 4.47 Å². The maximum absolute atomic E-state index is 5.89. The molecule has 5 heteroatoms. The largest absolute Gasteiger partial charge is 0.329 e. The standard InChI is InChI=1S/C12H20ClN3S/c1-2-9-3-4-16(10(5-9)6-14)8-11-7-15-12(13)17-11/h7,9-10H,2-6,8,14H2,1H3. The summed E-state index contributed by atoms with van der Waals surface area (Å²) in [5, 5.41) is 0. The molecule has 0 aliphatic carbocycles. The van der Waals surface area contributed by atoms with E-state index in [-0.39, 0.29) is 0 Å². The maximum atomic E-state index is 5.89. The highest BCUT2D eigenvalue weighted by atomic mass is 35.5. The Balaban J connectivity index is 1.95. The predicted molar refractivity (Wildman–Crippen MR) is 73.4 cm³/mol. The van der Waals surface area contributed by atoms with Gasteiger partial charge in [-0.25, -0.2) is 4.98 Å². The van der Waals surface area contributed by atoms with E-state index in [2.05, 4.69) is 16.8 Å². The maximum Gasteiger partial charge on any atom is 0.183 e. The van der Waals surface area contributed by atoms with E-state index in [0.29, 0.717) is 10.5 Å². The van der Waals surface area contributed by atoms with Crippen molar-refractivity contribution in [3.63, 3.8) is 0 Å².